The molecule has 1 heterocycles. The van der Waals surface area contributed by atoms with Crippen LogP contribution in [-0.4, -0.2) is 33.2 Å². The van der Waals surface area contributed by atoms with E-state index in [0.717, 1.165) is 11.3 Å². The predicted molar refractivity (Wildman–Crippen MR) is 97.2 cm³/mol. The van der Waals surface area contributed by atoms with Crippen LogP contribution in [0.4, 0.5) is 5.00 Å². The smallest absolute Gasteiger partial charge is 0.348 e. The lowest BCUT2D eigenvalue weighted by Crippen LogP contribution is -2.17. The molecule has 0 saturated heterocycles. The molecule has 2 aromatic rings. The zero-order valence-electron chi connectivity index (χ0n) is 14.3. The Labute approximate surface area is 155 Å². The van der Waals surface area contributed by atoms with Gasteiger partial charge >= 0.3 is 5.97 Å². The van der Waals surface area contributed by atoms with Crippen LogP contribution >= 0.6 is 11.3 Å². The highest BCUT2D eigenvalue weighted by Crippen LogP contribution is 2.33. The second-order valence-corrected chi connectivity index (χ2v) is 8.48. The number of rotatable bonds is 5. The van der Waals surface area contributed by atoms with E-state index in [0.29, 0.717) is 5.56 Å². The van der Waals surface area contributed by atoms with Gasteiger partial charge in [-0.25, -0.2) is 13.2 Å². The van der Waals surface area contributed by atoms with Crippen LogP contribution in [0.15, 0.2) is 29.2 Å². The number of thiophene rings is 1. The summed E-state index contributed by atoms with van der Waals surface area (Å²) in [5, 5.41) is 12.0. The van der Waals surface area contributed by atoms with Gasteiger partial charge in [-0.3, -0.25) is 4.79 Å². The largest absolute Gasteiger partial charge is 0.465 e. The van der Waals surface area contributed by atoms with E-state index in [9.17, 15) is 23.3 Å². The molecule has 136 valence electrons. The van der Waals surface area contributed by atoms with Gasteiger partial charge in [0.1, 0.15) is 15.9 Å². The highest BCUT2D eigenvalue weighted by Gasteiger charge is 2.25. The SMILES string of the molecule is CCS(=O)(=O)c1ccccc1C(=O)Nc1sc(C(=O)OC)c(C)c1C#N. The highest BCUT2D eigenvalue weighted by atomic mass is 32.2. The van der Waals surface area contributed by atoms with Gasteiger partial charge in [-0.1, -0.05) is 19.1 Å². The Kier molecular flexibility index (Phi) is 5.79. The maximum atomic E-state index is 12.6. The molecule has 0 fully saturated rings. The summed E-state index contributed by atoms with van der Waals surface area (Å²) in [5.74, 6) is -1.43. The van der Waals surface area contributed by atoms with E-state index in [4.69, 9.17) is 0 Å². The summed E-state index contributed by atoms with van der Waals surface area (Å²) >= 11 is 0.907. The third-order valence-corrected chi connectivity index (χ3v) is 6.68. The van der Waals surface area contributed by atoms with Crippen LogP contribution in [0.1, 0.15) is 38.1 Å². The molecule has 2 rings (SSSR count). The van der Waals surface area contributed by atoms with Crippen LogP contribution in [0.3, 0.4) is 0 Å². The summed E-state index contributed by atoms with van der Waals surface area (Å²) in [6, 6.07) is 7.78. The van der Waals surface area contributed by atoms with Crippen molar-refractivity contribution < 1.29 is 22.7 Å². The number of nitrogens with zero attached hydrogens (tertiary/aromatic N) is 1. The first-order chi connectivity index (χ1) is 12.3. The van der Waals surface area contributed by atoms with Crippen molar-refractivity contribution in [2.24, 2.45) is 0 Å². The minimum Gasteiger partial charge on any atom is -0.465 e. The fourth-order valence-electron chi connectivity index (χ4n) is 2.27. The Hall–Kier alpha value is -2.70. The highest BCUT2D eigenvalue weighted by molar-refractivity contribution is 7.91. The molecule has 0 saturated carbocycles. The molecule has 1 N–H and O–H groups in total. The molecule has 0 unspecified atom stereocenters. The number of esters is 1. The second-order valence-electron chi connectivity index (χ2n) is 5.22. The number of amides is 1. The number of nitrogens with one attached hydrogen (secondary N) is 1. The van der Waals surface area contributed by atoms with E-state index in [1.807, 2.05) is 6.07 Å². The van der Waals surface area contributed by atoms with Gasteiger partial charge in [-0.2, -0.15) is 5.26 Å². The number of hydrogen-bond acceptors (Lipinski definition) is 7. The van der Waals surface area contributed by atoms with E-state index in [1.165, 1.54) is 32.2 Å². The van der Waals surface area contributed by atoms with Crippen LogP contribution in [0.25, 0.3) is 0 Å². The lowest BCUT2D eigenvalue weighted by atomic mass is 10.1. The molecule has 0 spiro atoms. The number of benzene rings is 1. The van der Waals surface area contributed by atoms with Gasteiger partial charge in [0.2, 0.25) is 0 Å². The van der Waals surface area contributed by atoms with Crippen LogP contribution < -0.4 is 5.32 Å². The summed E-state index contributed by atoms with van der Waals surface area (Å²) < 4.78 is 29.1. The standard InChI is InChI=1S/C17H16N2O5S2/c1-4-26(22,23)13-8-6-5-7-11(13)15(20)19-16-12(9-18)10(2)14(25-16)17(21)24-3/h5-8H,4H2,1-3H3,(H,19,20). The van der Waals surface area contributed by atoms with E-state index in [2.05, 4.69) is 10.1 Å². The van der Waals surface area contributed by atoms with Gasteiger partial charge in [-0.15, -0.1) is 11.3 Å². The minimum atomic E-state index is -3.60. The Balaban J connectivity index is 2.48. The number of carbonyl (C=O) groups is 2. The third-order valence-electron chi connectivity index (χ3n) is 3.70. The molecular weight excluding hydrogens is 376 g/mol. The predicted octanol–water partition coefficient (Wildman–Crippen LogP) is 2.76. The molecule has 0 radical (unpaired) electrons. The number of nitriles is 1. The fraction of sp³-hybridized carbons (Fsp3) is 0.235. The van der Waals surface area contributed by atoms with Gasteiger partial charge in [0.15, 0.2) is 9.84 Å². The number of sulfone groups is 1. The van der Waals surface area contributed by atoms with Gasteiger partial charge in [0.25, 0.3) is 5.91 Å². The molecule has 0 aliphatic heterocycles. The summed E-state index contributed by atoms with van der Waals surface area (Å²) in [7, 11) is -2.38. The number of carbonyl (C=O) groups excluding carboxylic acids is 2. The Morgan fingerprint density at radius 2 is 1.96 bits per heavy atom. The van der Waals surface area contributed by atoms with Gasteiger partial charge in [0.05, 0.1) is 28.9 Å². The number of anilines is 1. The van der Waals surface area contributed by atoms with E-state index in [-0.39, 0.29) is 31.7 Å². The van der Waals surface area contributed by atoms with Crippen molar-refractivity contribution in [1.29, 1.82) is 5.26 Å². The monoisotopic (exact) mass is 392 g/mol. The first-order valence-corrected chi connectivity index (χ1v) is 9.98. The molecule has 0 atom stereocenters. The average Bonchev–Trinajstić information content (AvgIpc) is 2.96. The Morgan fingerprint density at radius 1 is 1.31 bits per heavy atom. The minimum absolute atomic E-state index is 0.0242. The van der Waals surface area contributed by atoms with Crippen molar-refractivity contribution >= 4 is 38.1 Å². The Morgan fingerprint density at radius 3 is 2.54 bits per heavy atom. The first-order valence-electron chi connectivity index (χ1n) is 7.51. The molecule has 7 nitrogen and oxygen atoms in total. The lowest BCUT2D eigenvalue weighted by molar-refractivity contribution is 0.0605. The maximum absolute atomic E-state index is 12.6. The van der Waals surface area contributed by atoms with Gasteiger partial charge in [-0.05, 0) is 24.6 Å². The zero-order chi connectivity index (χ0) is 19.5. The van der Waals surface area contributed by atoms with Crippen molar-refractivity contribution in [2.75, 3.05) is 18.2 Å². The lowest BCUT2D eigenvalue weighted by Gasteiger charge is -2.09. The topological polar surface area (TPSA) is 113 Å². The summed E-state index contributed by atoms with van der Waals surface area (Å²) in [4.78, 5) is 24.5. The zero-order valence-corrected chi connectivity index (χ0v) is 16.0. The molecule has 0 aliphatic rings. The fourth-order valence-corrected chi connectivity index (χ4v) is 4.44. The van der Waals surface area contributed by atoms with Crippen molar-refractivity contribution in [3.05, 3.63) is 45.8 Å². The van der Waals surface area contributed by atoms with Crippen LogP contribution in [0.5, 0.6) is 0 Å². The average molecular weight is 392 g/mol. The van der Waals surface area contributed by atoms with Gasteiger partial charge in [0, 0.05) is 0 Å². The molecule has 1 amide bonds. The normalized spacial score (nSPS) is 10.8. The maximum Gasteiger partial charge on any atom is 0.348 e. The molecule has 1 aromatic carbocycles. The van der Waals surface area contributed by atoms with E-state index < -0.39 is 21.7 Å². The van der Waals surface area contributed by atoms with Crippen LogP contribution in [0, 0.1) is 18.3 Å². The number of hydrogen-bond donors (Lipinski definition) is 1. The van der Waals surface area contributed by atoms with Crippen molar-refractivity contribution in [3.63, 3.8) is 0 Å². The van der Waals surface area contributed by atoms with E-state index >= 15 is 0 Å². The van der Waals surface area contributed by atoms with E-state index in [1.54, 1.807) is 13.0 Å². The summed E-state index contributed by atoms with van der Waals surface area (Å²) in [5.41, 5.74) is 0.512. The molecule has 1 aromatic heterocycles. The van der Waals surface area contributed by atoms with Crippen LogP contribution in [0.2, 0.25) is 0 Å². The first kappa shape index (κ1) is 19.6. The van der Waals surface area contributed by atoms with Crippen molar-refractivity contribution in [1.82, 2.24) is 0 Å². The quantitative estimate of drug-likeness (QED) is 0.783. The molecular formula is C17H16N2O5S2. The second kappa shape index (κ2) is 7.68. The van der Waals surface area contributed by atoms with Crippen molar-refractivity contribution in [2.45, 2.75) is 18.7 Å². The van der Waals surface area contributed by atoms with Gasteiger partial charge < -0.3 is 10.1 Å². The summed E-state index contributed by atoms with van der Waals surface area (Å²) in [6.45, 7) is 3.07. The summed E-state index contributed by atoms with van der Waals surface area (Å²) in [6.07, 6.45) is 0. The third kappa shape index (κ3) is 3.61. The number of methoxy groups -OCH3 is 1. The molecule has 9 heteroatoms. The van der Waals surface area contributed by atoms with Crippen molar-refractivity contribution in [3.8, 4) is 6.07 Å². The number of ether oxygens (including phenoxy) is 1. The Bertz CT molecular complexity index is 1020. The molecule has 26 heavy (non-hydrogen) atoms. The van der Waals surface area contributed by atoms with Crippen LogP contribution in [-0.2, 0) is 14.6 Å². The molecule has 0 aliphatic carbocycles. The molecule has 0 bridgehead atoms.